The number of hydrogen-bond donors (Lipinski definition) is 3. The van der Waals surface area contributed by atoms with Gasteiger partial charge < -0.3 is 16.0 Å². The molecule has 7 heteroatoms. The van der Waals surface area contributed by atoms with Gasteiger partial charge in [-0.1, -0.05) is 37.3 Å². The molecule has 1 aromatic rings. The van der Waals surface area contributed by atoms with Crippen LogP contribution in [0.15, 0.2) is 35.3 Å². The second-order valence-electron chi connectivity index (χ2n) is 7.76. The van der Waals surface area contributed by atoms with Gasteiger partial charge in [0.15, 0.2) is 5.96 Å². The molecule has 29 heavy (non-hydrogen) atoms. The monoisotopic (exact) mass is 401 g/mol. The largest absolute Gasteiger partial charge is 0.357 e. The number of aryl methyl sites for hydroxylation is 1. The van der Waals surface area contributed by atoms with E-state index in [4.69, 9.17) is 0 Å². The lowest BCUT2D eigenvalue weighted by atomic mass is 9.99. The van der Waals surface area contributed by atoms with Crippen LogP contribution in [0.4, 0.5) is 4.79 Å². The second-order valence-corrected chi connectivity index (χ2v) is 7.76. The Labute approximate surface area is 174 Å². The van der Waals surface area contributed by atoms with Crippen LogP contribution in [-0.4, -0.2) is 54.0 Å². The first-order valence-electron chi connectivity index (χ1n) is 10.6. The molecule has 2 rings (SSSR count). The van der Waals surface area contributed by atoms with Gasteiger partial charge in [0.2, 0.25) is 0 Å². The third-order valence-electron chi connectivity index (χ3n) is 5.30. The molecule has 3 amide bonds. The van der Waals surface area contributed by atoms with E-state index in [2.05, 4.69) is 52.1 Å². The molecule has 0 radical (unpaired) electrons. The molecule has 1 aliphatic rings. The number of rotatable bonds is 10. The molecule has 1 aromatic carbocycles. The van der Waals surface area contributed by atoms with Gasteiger partial charge in [0.1, 0.15) is 5.54 Å². The predicted molar refractivity (Wildman–Crippen MR) is 117 cm³/mol. The van der Waals surface area contributed by atoms with Crippen molar-refractivity contribution in [3.05, 3.63) is 35.9 Å². The number of carbonyl (C=O) groups is 2. The first-order chi connectivity index (χ1) is 13.9. The fraction of sp³-hybridized carbons (Fsp3) is 0.591. The molecule has 0 aliphatic carbocycles. The fourth-order valence-corrected chi connectivity index (χ4v) is 3.26. The first-order valence-corrected chi connectivity index (χ1v) is 10.6. The fourth-order valence-electron chi connectivity index (χ4n) is 3.26. The number of carbonyl (C=O) groups excluding carboxylic acids is 2. The Morgan fingerprint density at radius 2 is 1.97 bits per heavy atom. The topological polar surface area (TPSA) is 85.8 Å². The molecule has 1 saturated heterocycles. The molecule has 2 unspecified atom stereocenters. The molecular formula is C22H35N5O2. The number of guanidine groups is 1. The summed E-state index contributed by atoms with van der Waals surface area (Å²) in [5.41, 5.74) is 0.557. The molecule has 1 aliphatic heterocycles. The summed E-state index contributed by atoms with van der Waals surface area (Å²) in [6.45, 7) is 9.56. The zero-order valence-electron chi connectivity index (χ0n) is 18.1. The minimum atomic E-state index is -0.773. The smallest absolute Gasteiger partial charge is 0.325 e. The highest BCUT2D eigenvalue weighted by Crippen LogP contribution is 2.20. The predicted octanol–water partition coefficient (Wildman–Crippen LogP) is 2.67. The van der Waals surface area contributed by atoms with Gasteiger partial charge in [-0.25, -0.2) is 4.79 Å². The molecule has 7 nitrogen and oxygen atoms in total. The maximum Gasteiger partial charge on any atom is 0.325 e. The van der Waals surface area contributed by atoms with Crippen molar-refractivity contribution < 1.29 is 9.59 Å². The molecular weight excluding hydrogens is 366 g/mol. The molecule has 0 aromatic heterocycles. The van der Waals surface area contributed by atoms with Crippen LogP contribution in [0.1, 0.15) is 52.5 Å². The molecule has 1 heterocycles. The van der Waals surface area contributed by atoms with E-state index in [9.17, 15) is 9.59 Å². The summed E-state index contributed by atoms with van der Waals surface area (Å²) >= 11 is 0. The zero-order chi connectivity index (χ0) is 21.3. The van der Waals surface area contributed by atoms with Gasteiger partial charge in [-0.15, -0.1) is 0 Å². The van der Waals surface area contributed by atoms with Gasteiger partial charge in [-0.3, -0.25) is 14.7 Å². The Balaban J connectivity index is 1.79. The highest BCUT2D eigenvalue weighted by Gasteiger charge is 2.45. The van der Waals surface area contributed by atoms with E-state index >= 15 is 0 Å². The van der Waals surface area contributed by atoms with Crippen LogP contribution in [0.5, 0.6) is 0 Å². The number of aliphatic imine (C=N–C) groups is 1. The molecule has 0 bridgehead atoms. The quantitative estimate of drug-likeness (QED) is 0.244. The number of imide groups is 1. The molecule has 0 saturated carbocycles. The van der Waals surface area contributed by atoms with E-state index < -0.39 is 5.54 Å². The highest BCUT2D eigenvalue weighted by molar-refractivity contribution is 6.06. The molecule has 1 fully saturated rings. The van der Waals surface area contributed by atoms with Gasteiger partial charge in [0, 0.05) is 25.7 Å². The van der Waals surface area contributed by atoms with Crippen molar-refractivity contribution in [3.8, 4) is 0 Å². The summed E-state index contributed by atoms with van der Waals surface area (Å²) in [5, 5.41) is 9.47. The average Bonchev–Trinajstić information content (AvgIpc) is 2.93. The molecule has 2 atom stereocenters. The van der Waals surface area contributed by atoms with E-state index in [1.807, 2.05) is 19.9 Å². The van der Waals surface area contributed by atoms with E-state index in [-0.39, 0.29) is 18.0 Å². The van der Waals surface area contributed by atoms with Crippen molar-refractivity contribution in [2.45, 2.75) is 65.0 Å². The van der Waals surface area contributed by atoms with Gasteiger partial charge >= 0.3 is 6.03 Å². The first kappa shape index (κ1) is 22.7. The summed E-state index contributed by atoms with van der Waals surface area (Å²) in [7, 11) is 0. The number of amides is 3. The number of nitrogens with one attached hydrogen (secondary N) is 3. The van der Waals surface area contributed by atoms with Crippen LogP contribution >= 0.6 is 0 Å². The number of nitrogens with zero attached hydrogens (tertiary/aromatic N) is 2. The summed E-state index contributed by atoms with van der Waals surface area (Å²) < 4.78 is 0. The number of hydrogen-bond acceptors (Lipinski definition) is 3. The minimum Gasteiger partial charge on any atom is -0.357 e. The van der Waals surface area contributed by atoms with Crippen molar-refractivity contribution in [1.29, 1.82) is 0 Å². The average molecular weight is 402 g/mol. The molecule has 3 N–H and O–H groups in total. The van der Waals surface area contributed by atoms with Crippen LogP contribution in [0.3, 0.4) is 0 Å². The number of urea groups is 1. The van der Waals surface area contributed by atoms with Crippen LogP contribution in [0, 0.1) is 0 Å². The van der Waals surface area contributed by atoms with Crippen LogP contribution in [0.2, 0.25) is 0 Å². The van der Waals surface area contributed by atoms with Gasteiger partial charge in [0.25, 0.3) is 5.91 Å². The standard InChI is InChI=1S/C22H35N5O2/c1-5-22(4)19(28)27(21(29)26-22)16-10-15-24-20(23-6-2)25-17(3)13-14-18-11-8-7-9-12-18/h7-9,11-12,17H,5-6,10,13-16H2,1-4H3,(H,26,29)(H2,23,24,25). The number of benzene rings is 1. The minimum absolute atomic E-state index is 0.145. The Hall–Kier alpha value is -2.57. The lowest BCUT2D eigenvalue weighted by Crippen LogP contribution is -2.43. The maximum atomic E-state index is 12.4. The van der Waals surface area contributed by atoms with Crippen molar-refractivity contribution in [3.63, 3.8) is 0 Å². The summed E-state index contributed by atoms with van der Waals surface area (Å²) in [6.07, 6.45) is 3.23. The SMILES string of the molecule is CCNC(=NCCCN1C(=O)NC(C)(CC)C1=O)NC(C)CCc1ccccc1. The van der Waals surface area contributed by atoms with Gasteiger partial charge in [-0.05, 0) is 52.0 Å². The Morgan fingerprint density at radius 3 is 2.59 bits per heavy atom. The lowest BCUT2D eigenvalue weighted by Gasteiger charge is -2.19. The third kappa shape index (κ3) is 6.48. The summed E-state index contributed by atoms with van der Waals surface area (Å²) in [4.78, 5) is 30.4. The van der Waals surface area contributed by atoms with Gasteiger partial charge in [-0.2, -0.15) is 0 Å². The van der Waals surface area contributed by atoms with E-state index in [0.717, 1.165) is 25.3 Å². The maximum absolute atomic E-state index is 12.4. The second kappa shape index (κ2) is 10.8. The van der Waals surface area contributed by atoms with Crippen molar-refractivity contribution >= 4 is 17.9 Å². The summed E-state index contributed by atoms with van der Waals surface area (Å²) in [5.74, 6) is 0.622. The van der Waals surface area contributed by atoms with Crippen molar-refractivity contribution in [2.75, 3.05) is 19.6 Å². The Morgan fingerprint density at radius 1 is 1.24 bits per heavy atom. The van der Waals surface area contributed by atoms with Crippen molar-refractivity contribution in [2.24, 2.45) is 4.99 Å². The Bertz CT molecular complexity index is 706. The third-order valence-corrected chi connectivity index (χ3v) is 5.30. The van der Waals surface area contributed by atoms with E-state index in [0.29, 0.717) is 25.9 Å². The van der Waals surface area contributed by atoms with Crippen molar-refractivity contribution in [1.82, 2.24) is 20.9 Å². The Kier molecular flexibility index (Phi) is 8.49. The zero-order valence-corrected chi connectivity index (χ0v) is 18.1. The lowest BCUT2D eigenvalue weighted by molar-refractivity contribution is -0.130. The summed E-state index contributed by atoms with van der Waals surface area (Å²) in [6, 6.07) is 10.4. The molecule has 0 spiro atoms. The van der Waals surface area contributed by atoms with Crippen LogP contribution in [0.25, 0.3) is 0 Å². The van der Waals surface area contributed by atoms with Crippen LogP contribution in [-0.2, 0) is 11.2 Å². The van der Waals surface area contributed by atoms with E-state index in [1.165, 1.54) is 10.5 Å². The van der Waals surface area contributed by atoms with Crippen LogP contribution < -0.4 is 16.0 Å². The molecule has 160 valence electrons. The van der Waals surface area contributed by atoms with E-state index in [1.54, 1.807) is 6.92 Å². The normalized spacial score (nSPS) is 20.6. The van der Waals surface area contributed by atoms with Gasteiger partial charge in [0.05, 0.1) is 0 Å². The highest BCUT2D eigenvalue weighted by atomic mass is 16.2.